The fourth-order valence-corrected chi connectivity index (χ4v) is 0. The van der Waals surface area contributed by atoms with E-state index in [9.17, 15) is 0 Å². The van der Waals surface area contributed by atoms with Gasteiger partial charge in [-0.1, -0.05) is 0 Å². The van der Waals surface area contributed by atoms with Crippen LogP contribution in [0.3, 0.4) is 0 Å². The maximum absolute atomic E-state index is 8.50. The zero-order valence-electron chi connectivity index (χ0n) is 3.21. The minimum absolute atomic E-state index is 0.300. The van der Waals surface area contributed by atoms with E-state index in [2.05, 4.69) is 0 Å². The predicted octanol–water partition coefficient (Wildman–Crippen LogP) is -1.77. The summed E-state index contributed by atoms with van der Waals surface area (Å²) >= 11 is -1.70. The molecule has 0 saturated heterocycles. The van der Waals surface area contributed by atoms with Gasteiger partial charge < -0.3 is 4.46 Å². The van der Waals surface area contributed by atoms with E-state index in [1.165, 1.54) is 10.1 Å². The van der Waals surface area contributed by atoms with Crippen LogP contribution in [0.15, 0.2) is 0 Å². The molecule has 0 N–H and O–H groups in total. The van der Waals surface area contributed by atoms with Crippen molar-refractivity contribution in [1.29, 1.82) is 0 Å². The Bertz CT molecular complexity index is 47.7. The first-order valence-corrected chi connectivity index (χ1v) is 3.76. The van der Waals surface area contributed by atoms with Crippen LogP contribution in [0.1, 0.15) is 0 Å². The summed E-state index contributed by atoms with van der Waals surface area (Å²) in [7, 11) is 1.17. The van der Waals surface area contributed by atoms with Crippen molar-refractivity contribution < 1.29 is 33.2 Å². The molecule has 0 heterocycles. The van der Waals surface area contributed by atoms with Crippen molar-refractivity contribution in [1.82, 2.24) is 0 Å². The molecule has 0 saturated carbocycles. The molecular weight excluding hydrogens is 262 g/mol. The van der Waals surface area contributed by atoms with Gasteiger partial charge in [0.2, 0.25) is 0 Å². The van der Waals surface area contributed by atoms with E-state index in [0.29, 0.717) is 23.0 Å². The third-order valence-corrected chi connectivity index (χ3v) is 0. The van der Waals surface area contributed by atoms with Crippen molar-refractivity contribution in [3.8, 4) is 0 Å². The Hall–Kier alpha value is 0.949. The molecule has 0 aliphatic rings. The first kappa shape index (κ1) is 15.7. The average Bonchev–Trinajstić information content (AvgIpc) is 1.78. The molecule has 0 unspecified atom stereocenters. The Morgan fingerprint density at radius 1 is 1.14 bits per heavy atom. The SMILES string of the molecule is O=[SiH].[O]=[SbH].[O]=[Ti]=[O]. The van der Waals surface area contributed by atoms with Gasteiger partial charge in [0.25, 0.3) is 0 Å². The average molecular weight is 264 g/mol. The Labute approximate surface area is 66.0 Å². The fourth-order valence-electron chi connectivity index (χ4n) is 0. The first-order valence-electron chi connectivity index (χ1n) is 0.848. The van der Waals surface area contributed by atoms with Crippen molar-refractivity contribution in [2.24, 2.45) is 0 Å². The molecule has 0 atom stereocenters. The summed E-state index contributed by atoms with van der Waals surface area (Å²) in [5, 5.41) is 0. The zero-order valence-corrected chi connectivity index (χ0v) is 8.78. The van der Waals surface area contributed by atoms with Gasteiger partial charge in [0, 0.05) is 0 Å². The number of hydrogen-bond acceptors (Lipinski definition) is 4. The molecule has 1 radical (unpaired) electrons. The van der Waals surface area contributed by atoms with Crippen molar-refractivity contribution in [3.63, 3.8) is 0 Å². The summed E-state index contributed by atoms with van der Waals surface area (Å²) in [4.78, 5) is 0. The summed E-state index contributed by atoms with van der Waals surface area (Å²) in [5.74, 6) is 0. The summed E-state index contributed by atoms with van der Waals surface area (Å²) in [6, 6.07) is 0. The van der Waals surface area contributed by atoms with Crippen LogP contribution in [0.2, 0.25) is 0 Å². The number of rotatable bonds is 0. The topological polar surface area (TPSA) is 68.3 Å². The van der Waals surface area contributed by atoms with Crippen molar-refractivity contribution in [2.75, 3.05) is 0 Å². The molecule has 0 rings (SSSR count). The van der Waals surface area contributed by atoms with Gasteiger partial charge in [-0.25, -0.2) is 0 Å². The van der Waals surface area contributed by atoms with Gasteiger partial charge in [0.05, 0.1) is 0 Å². The van der Waals surface area contributed by atoms with Gasteiger partial charge >= 0.3 is 61.9 Å². The van der Waals surface area contributed by atoms with E-state index in [1.54, 1.807) is 0 Å². The van der Waals surface area contributed by atoms with E-state index in [0.717, 1.165) is 0 Å². The molecule has 0 spiro atoms. The molecule has 39 valence electrons. The third-order valence-electron chi connectivity index (χ3n) is 0. The third kappa shape index (κ3) is 189. The second-order valence-corrected chi connectivity index (χ2v) is 0.344. The Morgan fingerprint density at radius 3 is 1.14 bits per heavy atom. The van der Waals surface area contributed by atoms with Gasteiger partial charge in [0.1, 0.15) is 0 Å². The molecule has 0 aromatic rings. The summed E-state index contributed by atoms with van der Waals surface area (Å²) in [6.45, 7) is 0. The van der Waals surface area contributed by atoms with E-state index in [4.69, 9.17) is 14.1 Å². The van der Waals surface area contributed by atoms with Crippen LogP contribution < -0.4 is 0 Å². The number of hydrogen-bond donors (Lipinski definition) is 0. The second kappa shape index (κ2) is 64.7. The fraction of sp³-hybridized carbons (Fsp3) is 0. The normalized spacial score (nSPS) is 2.29. The van der Waals surface area contributed by atoms with E-state index < -0.39 is 19.1 Å². The zero-order chi connectivity index (χ0) is 6.71. The predicted molar refractivity (Wildman–Crippen MR) is 17.0 cm³/mol. The van der Waals surface area contributed by atoms with Gasteiger partial charge in [-0.3, -0.25) is 0 Å². The molecule has 0 bridgehead atoms. The van der Waals surface area contributed by atoms with Crippen LogP contribution in [0.5, 0.6) is 0 Å². The Balaban J connectivity index is -0.0000000360. The molecular formula is H2O4SbSiTi. The summed E-state index contributed by atoms with van der Waals surface area (Å²) in [5.41, 5.74) is 0. The molecule has 0 aromatic heterocycles. The van der Waals surface area contributed by atoms with E-state index in [-0.39, 0.29) is 0 Å². The van der Waals surface area contributed by atoms with Crippen molar-refractivity contribution in [2.45, 2.75) is 0 Å². The van der Waals surface area contributed by atoms with Crippen LogP contribution in [0.25, 0.3) is 0 Å². The standard InChI is InChI=1S/HOSi.3O.Sb.Ti.H/c1-2;;;;;;/h2H;;;;;;. The summed E-state index contributed by atoms with van der Waals surface area (Å²) in [6.07, 6.45) is 0. The van der Waals surface area contributed by atoms with Crippen molar-refractivity contribution >= 4 is 33.1 Å². The molecule has 4 nitrogen and oxygen atoms in total. The van der Waals surface area contributed by atoms with Crippen LogP contribution in [-0.4, -0.2) is 33.1 Å². The Morgan fingerprint density at radius 2 is 1.14 bits per heavy atom. The van der Waals surface area contributed by atoms with Gasteiger partial charge in [-0.05, 0) is 0 Å². The molecule has 0 amide bonds. The van der Waals surface area contributed by atoms with Gasteiger partial charge in [-0.15, -0.1) is 0 Å². The molecule has 0 aromatic carbocycles. The molecule has 0 aliphatic carbocycles. The van der Waals surface area contributed by atoms with Crippen LogP contribution in [0.4, 0.5) is 0 Å². The van der Waals surface area contributed by atoms with Crippen LogP contribution in [-0.2, 0) is 33.2 Å². The van der Waals surface area contributed by atoms with Crippen LogP contribution >= 0.6 is 0 Å². The molecule has 0 fully saturated rings. The molecule has 0 aliphatic heterocycles. The van der Waals surface area contributed by atoms with Crippen molar-refractivity contribution in [3.05, 3.63) is 0 Å². The monoisotopic (exact) mass is 263 g/mol. The van der Waals surface area contributed by atoms with Crippen LogP contribution in [0, 0.1) is 0 Å². The quantitative estimate of drug-likeness (QED) is 0.485. The van der Waals surface area contributed by atoms with Gasteiger partial charge in [-0.2, -0.15) is 0 Å². The first-order chi connectivity index (χ1) is 3.41. The summed E-state index contributed by atoms with van der Waals surface area (Å²) < 4.78 is 33.5. The maximum atomic E-state index is 8.50. The Kier molecular flexibility index (Phi) is 145. The molecule has 7 heavy (non-hydrogen) atoms. The van der Waals surface area contributed by atoms with E-state index in [1.807, 2.05) is 0 Å². The molecule has 7 heteroatoms. The minimum atomic E-state index is -2.00. The van der Waals surface area contributed by atoms with Gasteiger partial charge in [0.15, 0.2) is 0 Å². The van der Waals surface area contributed by atoms with E-state index >= 15 is 0 Å². The second-order valence-electron chi connectivity index (χ2n) is 0.0833.